The first kappa shape index (κ1) is 24.4. The topological polar surface area (TPSA) is 101 Å². The number of ether oxygens (including phenoxy) is 2. The lowest BCUT2D eigenvalue weighted by Gasteiger charge is -2.29. The average molecular weight is 446 g/mol. The largest absolute Gasteiger partial charge is 0.489 e. The highest BCUT2D eigenvalue weighted by atomic mass is 35.5. The third-order valence-corrected chi connectivity index (χ3v) is 4.87. The fourth-order valence-electron chi connectivity index (χ4n) is 3.13. The molecule has 0 heterocycles. The molecule has 0 bridgehead atoms. The summed E-state index contributed by atoms with van der Waals surface area (Å²) in [7, 11) is 3.15. The Morgan fingerprint density at radius 3 is 2.35 bits per heavy atom. The van der Waals surface area contributed by atoms with Gasteiger partial charge in [-0.05, 0) is 56.8 Å². The van der Waals surface area contributed by atoms with Crippen molar-refractivity contribution in [2.75, 3.05) is 20.7 Å². The Morgan fingerprint density at radius 2 is 1.84 bits per heavy atom. The van der Waals surface area contributed by atoms with Crippen molar-refractivity contribution in [3.8, 4) is 5.75 Å². The number of rotatable bonds is 10. The fourth-order valence-corrected chi connectivity index (χ4v) is 3.35. The molecule has 0 aromatic heterocycles. The van der Waals surface area contributed by atoms with E-state index >= 15 is 0 Å². The minimum atomic E-state index is -1.16. The molecule has 0 saturated carbocycles. The summed E-state index contributed by atoms with van der Waals surface area (Å²) in [5, 5.41) is 13.9. The van der Waals surface area contributed by atoms with Crippen LogP contribution in [0, 0.1) is 5.41 Å². The normalized spacial score (nSPS) is 12.7. The van der Waals surface area contributed by atoms with Crippen molar-refractivity contribution < 1.29 is 19.1 Å². The Hall–Kier alpha value is -2.90. The first-order valence-electron chi connectivity index (χ1n) is 9.85. The molecule has 0 aliphatic heterocycles. The van der Waals surface area contributed by atoms with Crippen molar-refractivity contribution in [3.05, 3.63) is 64.2 Å². The number of benzene rings is 2. The van der Waals surface area contributed by atoms with E-state index in [4.69, 9.17) is 26.5 Å². The van der Waals surface area contributed by atoms with E-state index in [1.165, 1.54) is 13.2 Å². The number of carbonyl (C=O) groups is 2. The highest BCUT2D eigenvalue weighted by Gasteiger charge is 2.32. The van der Waals surface area contributed by atoms with Gasteiger partial charge in [-0.2, -0.15) is 0 Å². The van der Waals surface area contributed by atoms with Gasteiger partial charge >= 0.3 is 0 Å². The van der Waals surface area contributed by atoms with Crippen molar-refractivity contribution in [3.63, 3.8) is 0 Å². The van der Waals surface area contributed by atoms with Crippen LogP contribution in [-0.2, 0) is 16.0 Å². The zero-order chi connectivity index (χ0) is 23.0. The predicted molar refractivity (Wildman–Crippen MR) is 121 cm³/mol. The van der Waals surface area contributed by atoms with Gasteiger partial charge in [0.15, 0.2) is 0 Å². The molecule has 31 heavy (non-hydrogen) atoms. The summed E-state index contributed by atoms with van der Waals surface area (Å²) >= 11 is 6.25. The second kappa shape index (κ2) is 10.9. The highest BCUT2D eigenvalue weighted by molar-refractivity contribution is 6.32. The molecule has 0 spiro atoms. The van der Waals surface area contributed by atoms with E-state index in [2.05, 4.69) is 10.6 Å². The lowest BCUT2D eigenvalue weighted by Crippen LogP contribution is -2.57. The Morgan fingerprint density at radius 1 is 1.19 bits per heavy atom. The molecule has 2 aromatic rings. The molecule has 2 aromatic carbocycles. The maximum atomic E-state index is 12.9. The SMILES string of the molecule is CNC[C@@](C=O)(Cc1ccc(C(=N)OC)cc1)NC(=O)c1ccc(OC(C)C)c(Cl)c1. The van der Waals surface area contributed by atoms with E-state index in [9.17, 15) is 9.59 Å². The van der Waals surface area contributed by atoms with Gasteiger partial charge in [-0.15, -0.1) is 0 Å². The number of methoxy groups -OCH3 is 1. The van der Waals surface area contributed by atoms with Gasteiger partial charge < -0.3 is 24.9 Å². The number of aldehydes is 1. The number of hydrogen-bond acceptors (Lipinski definition) is 6. The van der Waals surface area contributed by atoms with Gasteiger partial charge in [0.25, 0.3) is 5.91 Å². The van der Waals surface area contributed by atoms with Crippen LogP contribution >= 0.6 is 11.6 Å². The van der Waals surface area contributed by atoms with Gasteiger partial charge in [-0.1, -0.05) is 23.7 Å². The predicted octanol–water partition coefficient (Wildman–Crippen LogP) is 3.23. The third kappa shape index (κ3) is 6.54. The molecule has 166 valence electrons. The summed E-state index contributed by atoms with van der Waals surface area (Å²) in [6.07, 6.45) is 0.963. The number of likely N-dealkylation sites (N-methyl/N-ethyl adjacent to an activating group) is 1. The molecule has 0 radical (unpaired) electrons. The van der Waals surface area contributed by atoms with Crippen LogP contribution in [0.1, 0.15) is 35.3 Å². The van der Waals surface area contributed by atoms with Gasteiger partial charge in [0, 0.05) is 24.1 Å². The van der Waals surface area contributed by atoms with Crippen molar-refractivity contribution in [1.29, 1.82) is 5.41 Å². The summed E-state index contributed by atoms with van der Waals surface area (Å²) in [5.41, 5.74) is 0.613. The monoisotopic (exact) mass is 445 g/mol. The van der Waals surface area contributed by atoms with Gasteiger partial charge in [-0.25, -0.2) is 0 Å². The fraction of sp³-hybridized carbons (Fsp3) is 0.348. The van der Waals surface area contributed by atoms with Crippen LogP contribution in [0.4, 0.5) is 0 Å². The quantitative estimate of drug-likeness (QED) is 0.296. The lowest BCUT2D eigenvalue weighted by molar-refractivity contribution is -0.113. The van der Waals surface area contributed by atoms with Crippen LogP contribution in [0.15, 0.2) is 42.5 Å². The molecular formula is C23H28ClN3O4. The van der Waals surface area contributed by atoms with Crippen molar-refractivity contribution in [2.24, 2.45) is 0 Å². The molecule has 3 N–H and O–H groups in total. The minimum Gasteiger partial charge on any atom is -0.489 e. The Bertz CT molecular complexity index is 931. The van der Waals surface area contributed by atoms with Gasteiger partial charge in [0.05, 0.1) is 18.2 Å². The number of nitrogens with one attached hydrogen (secondary N) is 3. The standard InChI is InChI=1S/C23H28ClN3O4/c1-15(2)31-20-10-9-18(11-19(20)24)22(29)27-23(14-28,13-26-3)12-16-5-7-17(8-6-16)21(25)30-4/h5-11,14-15,25-26H,12-13H2,1-4H3,(H,27,29)/t23-/m1/s1. The summed E-state index contributed by atoms with van der Waals surface area (Å²) < 4.78 is 10.5. The first-order chi connectivity index (χ1) is 14.7. The first-order valence-corrected chi connectivity index (χ1v) is 10.2. The number of hydrogen-bond donors (Lipinski definition) is 3. The Labute approximate surface area is 187 Å². The molecule has 0 aliphatic carbocycles. The highest BCUT2D eigenvalue weighted by Crippen LogP contribution is 2.26. The zero-order valence-corrected chi connectivity index (χ0v) is 18.9. The lowest BCUT2D eigenvalue weighted by atomic mass is 9.91. The van der Waals surface area contributed by atoms with Crippen LogP contribution in [0.2, 0.25) is 5.02 Å². The molecule has 0 fully saturated rings. The second-order valence-electron chi connectivity index (χ2n) is 7.48. The van der Waals surface area contributed by atoms with Crippen LogP contribution in [0.3, 0.4) is 0 Å². The number of halogens is 1. The maximum absolute atomic E-state index is 12.9. The van der Waals surface area contributed by atoms with Crippen LogP contribution in [0.25, 0.3) is 0 Å². The van der Waals surface area contributed by atoms with Gasteiger partial charge in [-0.3, -0.25) is 10.2 Å². The molecule has 2 rings (SSSR count). The van der Waals surface area contributed by atoms with E-state index in [0.29, 0.717) is 21.9 Å². The van der Waals surface area contributed by atoms with Crippen LogP contribution in [-0.4, -0.2) is 50.4 Å². The number of amides is 1. The van der Waals surface area contributed by atoms with Crippen LogP contribution < -0.4 is 15.4 Å². The Balaban J connectivity index is 2.23. The van der Waals surface area contributed by atoms with Crippen LogP contribution in [0.5, 0.6) is 5.75 Å². The van der Waals surface area contributed by atoms with E-state index in [-0.39, 0.29) is 25.0 Å². The van der Waals surface area contributed by atoms with Crippen molar-refractivity contribution in [1.82, 2.24) is 10.6 Å². The van der Waals surface area contributed by atoms with Crippen molar-refractivity contribution >= 4 is 29.7 Å². The maximum Gasteiger partial charge on any atom is 0.252 e. The van der Waals surface area contributed by atoms with E-state index in [1.54, 1.807) is 43.4 Å². The molecule has 0 aliphatic rings. The van der Waals surface area contributed by atoms with E-state index in [0.717, 1.165) is 11.8 Å². The molecule has 1 atom stereocenters. The second-order valence-corrected chi connectivity index (χ2v) is 7.88. The molecule has 0 saturated heterocycles. The van der Waals surface area contributed by atoms with Gasteiger partial charge in [0.1, 0.15) is 17.6 Å². The minimum absolute atomic E-state index is 0.0467. The Kier molecular flexibility index (Phi) is 8.59. The molecule has 0 unspecified atom stereocenters. The summed E-state index contributed by atoms with van der Waals surface area (Å²) in [4.78, 5) is 25.0. The summed E-state index contributed by atoms with van der Waals surface area (Å²) in [6, 6.07) is 11.9. The molecule has 8 heteroatoms. The summed E-state index contributed by atoms with van der Waals surface area (Å²) in [6.45, 7) is 4.01. The molecular weight excluding hydrogens is 418 g/mol. The molecule has 1 amide bonds. The summed E-state index contributed by atoms with van der Waals surface area (Å²) in [5.74, 6) is 0.128. The number of carbonyl (C=O) groups excluding carboxylic acids is 2. The van der Waals surface area contributed by atoms with Crippen molar-refractivity contribution in [2.45, 2.75) is 31.9 Å². The van der Waals surface area contributed by atoms with Gasteiger partial charge in [0.2, 0.25) is 5.90 Å². The zero-order valence-electron chi connectivity index (χ0n) is 18.1. The third-order valence-electron chi connectivity index (χ3n) is 4.58. The molecule has 7 nitrogen and oxygen atoms in total. The average Bonchev–Trinajstić information content (AvgIpc) is 2.74. The smallest absolute Gasteiger partial charge is 0.252 e. The van der Waals surface area contributed by atoms with E-state index < -0.39 is 11.4 Å². The van der Waals surface area contributed by atoms with E-state index in [1.807, 2.05) is 13.8 Å².